The molecule has 6 heteroatoms. The normalized spacial score (nSPS) is 13.4. The van der Waals surface area contributed by atoms with E-state index in [1.165, 1.54) is 6.08 Å². The fourth-order valence-electron chi connectivity index (χ4n) is 4.08. The van der Waals surface area contributed by atoms with Crippen LogP contribution in [-0.4, -0.2) is 22.4 Å². The maximum absolute atomic E-state index is 12.5. The third kappa shape index (κ3) is 3.93. The lowest BCUT2D eigenvalue weighted by Gasteiger charge is -2.16. The van der Waals surface area contributed by atoms with Crippen LogP contribution in [0.5, 0.6) is 0 Å². The maximum Gasteiger partial charge on any atom is 0.328 e. The second kappa shape index (κ2) is 8.67. The Morgan fingerprint density at radius 1 is 0.706 bits per heavy atom. The lowest BCUT2D eigenvalue weighted by atomic mass is 10.0. The zero-order valence-corrected chi connectivity index (χ0v) is 18.4. The van der Waals surface area contributed by atoms with E-state index in [4.69, 9.17) is 0 Å². The Balaban J connectivity index is 1.82. The van der Waals surface area contributed by atoms with Crippen molar-refractivity contribution in [3.8, 4) is 28.2 Å². The number of barbiturate groups is 1. The molecule has 1 fully saturated rings. The van der Waals surface area contributed by atoms with Gasteiger partial charge in [0.05, 0.1) is 11.4 Å². The summed E-state index contributed by atoms with van der Waals surface area (Å²) in [7, 11) is 0. The third-order valence-corrected chi connectivity index (χ3v) is 5.68. The number of imide groups is 2. The molecule has 1 aliphatic heterocycles. The molecule has 34 heavy (non-hydrogen) atoms. The average Bonchev–Trinajstić information content (AvgIpc) is 3.22. The third-order valence-electron chi connectivity index (χ3n) is 5.68. The number of urea groups is 1. The minimum atomic E-state index is -0.822. The molecule has 0 unspecified atom stereocenters. The summed E-state index contributed by atoms with van der Waals surface area (Å²) in [6, 6.07) is 29.1. The molecule has 5 rings (SSSR count). The topological polar surface area (TPSA) is 80.2 Å². The Labute approximate surface area is 196 Å². The van der Waals surface area contributed by atoms with Gasteiger partial charge in [-0.15, -0.1) is 0 Å². The Hall–Kier alpha value is -4.71. The first-order valence-electron chi connectivity index (χ1n) is 10.8. The molecule has 0 spiro atoms. The number of rotatable bonds is 4. The summed E-state index contributed by atoms with van der Waals surface area (Å²) in [4.78, 5) is 36.5. The molecule has 4 aromatic rings. The summed E-state index contributed by atoms with van der Waals surface area (Å²) in [5, 5.41) is 4.29. The van der Waals surface area contributed by atoms with Gasteiger partial charge in [0, 0.05) is 11.3 Å². The Bertz CT molecular complexity index is 1410. The summed E-state index contributed by atoms with van der Waals surface area (Å²) < 4.78 is 2.13. The van der Waals surface area contributed by atoms with Gasteiger partial charge in [-0.25, -0.2) is 4.79 Å². The number of aryl methyl sites for hydroxylation is 1. The highest BCUT2D eigenvalue weighted by molar-refractivity contribution is 6.31. The van der Waals surface area contributed by atoms with E-state index in [1.54, 1.807) is 0 Å². The lowest BCUT2D eigenvalue weighted by molar-refractivity contribution is -0.123. The summed E-state index contributed by atoms with van der Waals surface area (Å²) >= 11 is 0. The van der Waals surface area contributed by atoms with Crippen LogP contribution in [-0.2, 0) is 9.59 Å². The van der Waals surface area contributed by atoms with Gasteiger partial charge in [0.15, 0.2) is 0 Å². The maximum atomic E-state index is 12.5. The van der Waals surface area contributed by atoms with Crippen molar-refractivity contribution in [3.63, 3.8) is 0 Å². The van der Waals surface area contributed by atoms with Gasteiger partial charge in [-0.2, -0.15) is 0 Å². The monoisotopic (exact) mass is 447 g/mol. The highest BCUT2D eigenvalue weighted by atomic mass is 16.2. The Morgan fingerprint density at radius 3 is 1.85 bits per heavy atom. The summed E-state index contributed by atoms with van der Waals surface area (Å²) in [5.41, 5.74) is 6.28. The molecule has 1 aromatic heterocycles. The van der Waals surface area contributed by atoms with Gasteiger partial charge in [-0.1, -0.05) is 78.4 Å². The van der Waals surface area contributed by atoms with Crippen LogP contribution in [0.25, 0.3) is 34.3 Å². The largest absolute Gasteiger partial charge is 0.328 e. The molecular formula is C28H21N3O3. The fourth-order valence-corrected chi connectivity index (χ4v) is 4.08. The van der Waals surface area contributed by atoms with Gasteiger partial charge in [0.1, 0.15) is 5.57 Å². The van der Waals surface area contributed by atoms with E-state index >= 15 is 0 Å². The molecule has 0 atom stereocenters. The predicted molar refractivity (Wildman–Crippen MR) is 131 cm³/mol. The zero-order valence-electron chi connectivity index (χ0n) is 18.4. The number of hydrogen-bond acceptors (Lipinski definition) is 3. The van der Waals surface area contributed by atoms with Crippen LogP contribution in [0.4, 0.5) is 4.79 Å². The highest BCUT2D eigenvalue weighted by Crippen LogP contribution is 2.37. The standard InChI is InChI=1S/C28H21N3O3/c1-18-12-14-22(15-13-18)31-24(19-8-4-2-5-9-19)17-21(25(31)20-10-6-3-7-11-20)16-23-26(32)29-28(34)30-27(23)33/h2-17H,1H3,(H2,29,30,32,33,34). The summed E-state index contributed by atoms with van der Waals surface area (Å²) in [6.07, 6.45) is 1.54. The number of carbonyl (C=O) groups is 3. The van der Waals surface area contributed by atoms with Crippen molar-refractivity contribution in [1.82, 2.24) is 15.2 Å². The zero-order chi connectivity index (χ0) is 23.7. The molecule has 1 aliphatic rings. The lowest BCUT2D eigenvalue weighted by Crippen LogP contribution is -2.51. The van der Waals surface area contributed by atoms with E-state index in [1.807, 2.05) is 97.9 Å². The Kier molecular flexibility index (Phi) is 5.40. The van der Waals surface area contributed by atoms with E-state index < -0.39 is 17.8 Å². The second-order valence-corrected chi connectivity index (χ2v) is 8.03. The first-order chi connectivity index (χ1) is 16.5. The van der Waals surface area contributed by atoms with Crippen LogP contribution in [0.15, 0.2) is 96.6 Å². The van der Waals surface area contributed by atoms with E-state index in [2.05, 4.69) is 15.2 Å². The second-order valence-electron chi connectivity index (χ2n) is 8.03. The van der Waals surface area contributed by atoms with Gasteiger partial charge >= 0.3 is 6.03 Å². The number of amides is 4. The number of nitrogens with one attached hydrogen (secondary N) is 2. The fraction of sp³-hybridized carbons (Fsp3) is 0.0357. The van der Waals surface area contributed by atoms with Crippen LogP contribution < -0.4 is 10.6 Å². The van der Waals surface area contributed by atoms with E-state index in [0.29, 0.717) is 5.56 Å². The molecule has 0 radical (unpaired) electrons. The number of benzene rings is 3. The molecule has 2 N–H and O–H groups in total. The molecule has 0 bridgehead atoms. The van der Waals surface area contributed by atoms with Crippen LogP contribution in [0.3, 0.4) is 0 Å². The van der Waals surface area contributed by atoms with Gasteiger partial charge < -0.3 is 4.57 Å². The van der Waals surface area contributed by atoms with Crippen molar-refractivity contribution in [1.29, 1.82) is 0 Å². The van der Waals surface area contributed by atoms with Crippen LogP contribution in [0.2, 0.25) is 0 Å². The molecule has 3 aromatic carbocycles. The minimum absolute atomic E-state index is 0.127. The number of carbonyl (C=O) groups excluding carboxylic acids is 3. The van der Waals surface area contributed by atoms with Crippen molar-refractivity contribution in [2.45, 2.75) is 6.92 Å². The first kappa shape index (κ1) is 21.2. The van der Waals surface area contributed by atoms with Crippen molar-refractivity contribution in [3.05, 3.63) is 108 Å². The smallest absolute Gasteiger partial charge is 0.309 e. The van der Waals surface area contributed by atoms with Gasteiger partial charge in [0.25, 0.3) is 11.8 Å². The average molecular weight is 447 g/mol. The van der Waals surface area contributed by atoms with E-state index in [9.17, 15) is 14.4 Å². The van der Waals surface area contributed by atoms with Gasteiger partial charge in [-0.05, 0) is 42.3 Å². The van der Waals surface area contributed by atoms with E-state index in [0.717, 1.165) is 33.8 Å². The van der Waals surface area contributed by atoms with Crippen molar-refractivity contribution >= 4 is 23.9 Å². The molecule has 0 saturated carbocycles. The molecule has 1 saturated heterocycles. The predicted octanol–water partition coefficient (Wildman–Crippen LogP) is 4.87. The van der Waals surface area contributed by atoms with Crippen molar-refractivity contribution < 1.29 is 14.4 Å². The highest BCUT2D eigenvalue weighted by Gasteiger charge is 2.29. The van der Waals surface area contributed by atoms with Gasteiger partial charge in [-0.3, -0.25) is 20.2 Å². The Morgan fingerprint density at radius 2 is 1.26 bits per heavy atom. The number of aromatic nitrogens is 1. The number of nitrogens with zero attached hydrogens (tertiary/aromatic N) is 1. The minimum Gasteiger partial charge on any atom is -0.309 e. The van der Waals surface area contributed by atoms with Crippen molar-refractivity contribution in [2.24, 2.45) is 0 Å². The van der Waals surface area contributed by atoms with Gasteiger partial charge in [0.2, 0.25) is 0 Å². The van der Waals surface area contributed by atoms with Crippen LogP contribution in [0.1, 0.15) is 11.1 Å². The SMILES string of the molecule is Cc1ccc(-n2c(-c3ccccc3)cc(C=C3C(=O)NC(=O)NC3=O)c2-c2ccccc2)cc1. The van der Waals surface area contributed by atoms with Crippen molar-refractivity contribution in [2.75, 3.05) is 0 Å². The van der Waals surface area contributed by atoms with Crippen LogP contribution >= 0.6 is 0 Å². The number of hydrogen-bond donors (Lipinski definition) is 2. The quantitative estimate of drug-likeness (QED) is 0.346. The first-order valence-corrected chi connectivity index (χ1v) is 10.8. The molecule has 4 amide bonds. The molecular weight excluding hydrogens is 426 g/mol. The molecule has 2 heterocycles. The molecule has 0 aliphatic carbocycles. The summed E-state index contributed by atoms with van der Waals surface area (Å²) in [6.45, 7) is 2.03. The van der Waals surface area contributed by atoms with E-state index in [-0.39, 0.29) is 5.57 Å². The molecule has 166 valence electrons. The molecule has 6 nitrogen and oxygen atoms in total. The summed E-state index contributed by atoms with van der Waals surface area (Å²) in [5.74, 6) is -1.45. The van der Waals surface area contributed by atoms with Crippen LogP contribution in [0, 0.1) is 6.92 Å².